The van der Waals surface area contributed by atoms with Gasteiger partial charge in [0.25, 0.3) is 0 Å². The van der Waals surface area contributed by atoms with E-state index in [1.807, 2.05) is 12.1 Å². The predicted octanol–water partition coefficient (Wildman–Crippen LogP) is 1.23. The van der Waals surface area contributed by atoms with E-state index in [2.05, 4.69) is 5.32 Å². The highest BCUT2D eigenvalue weighted by atomic mass is 16.5. The summed E-state index contributed by atoms with van der Waals surface area (Å²) in [6.07, 6.45) is 1.10. The quantitative estimate of drug-likeness (QED) is 0.802. The Morgan fingerprint density at radius 2 is 2.44 bits per heavy atom. The van der Waals surface area contributed by atoms with Crippen LogP contribution in [0.2, 0.25) is 0 Å². The fourth-order valence-corrected chi connectivity index (χ4v) is 1.79. The van der Waals surface area contributed by atoms with Gasteiger partial charge in [-0.3, -0.25) is 4.79 Å². The summed E-state index contributed by atoms with van der Waals surface area (Å²) in [6.45, 7) is 2.55. The number of ether oxygens (including phenoxy) is 1. The molecule has 0 spiro atoms. The molecule has 1 heterocycles. The van der Waals surface area contributed by atoms with Gasteiger partial charge in [-0.1, -0.05) is 6.07 Å². The molecule has 0 aromatic heterocycles. The molecule has 1 aliphatic heterocycles. The van der Waals surface area contributed by atoms with Gasteiger partial charge in [-0.2, -0.15) is 0 Å². The summed E-state index contributed by atoms with van der Waals surface area (Å²) >= 11 is 0. The molecule has 0 bridgehead atoms. The second-order valence-corrected chi connectivity index (χ2v) is 4.06. The van der Waals surface area contributed by atoms with E-state index in [0.717, 1.165) is 31.9 Å². The first-order chi connectivity index (χ1) is 7.75. The first-order valence-electron chi connectivity index (χ1n) is 5.47. The number of nitrogens with two attached hydrogens (primary N) is 1. The van der Waals surface area contributed by atoms with E-state index in [1.54, 1.807) is 12.1 Å². The Morgan fingerprint density at radius 3 is 3.12 bits per heavy atom. The fraction of sp³-hybridized carbons (Fsp3) is 0.417. The largest absolute Gasteiger partial charge is 0.385 e. The van der Waals surface area contributed by atoms with Crippen LogP contribution in [0.5, 0.6) is 0 Å². The van der Waals surface area contributed by atoms with Crippen molar-refractivity contribution in [3.8, 4) is 0 Å². The number of amides is 1. The minimum atomic E-state index is -0.396. The second-order valence-electron chi connectivity index (χ2n) is 4.06. The normalized spacial score (nSPS) is 19.6. The summed E-state index contributed by atoms with van der Waals surface area (Å²) in [5.41, 5.74) is 6.68. The van der Waals surface area contributed by atoms with E-state index in [9.17, 15) is 4.79 Å². The number of hydrogen-bond acceptors (Lipinski definition) is 3. The first-order valence-corrected chi connectivity index (χ1v) is 5.47. The molecular weight excluding hydrogens is 204 g/mol. The highest BCUT2D eigenvalue weighted by Gasteiger charge is 2.14. The van der Waals surface area contributed by atoms with Crippen molar-refractivity contribution >= 4 is 11.6 Å². The van der Waals surface area contributed by atoms with Gasteiger partial charge in [-0.25, -0.2) is 0 Å². The molecule has 86 valence electrons. The van der Waals surface area contributed by atoms with Gasteiger partial charge < -0.3 is 15.8 Å². The van der Waals surface area contributed by atoms with Gasteiger partial charge in [0.15, 0.2) is 0 Å². The zero-order chi connectivity index (χ0) is 11.4. The number of primary amides is 1. The summed E-state index contributed by atoms with van der Waals surface area (Å²) in [6, 6.07) is 7.25. The SMILES string of the molecule is NC(=O)c1cccc(NCC2CCOC2)c1. The van der Waals surface area contributed by atoms with Crippen molar-refractivity contribution in [1.29, 1.82) is 0 Å². The molecule has 3 N–H and O–H groups in total. The number of rotatable bonds is 4. The summed E-state index contributed by atoms with van der Waals surface area (Å²) < 4.78 is 5.29. The molecule has 1 unspecified atom stereocenters. The van der Waals surface area contributed by atoms with Crippen molar-refractivity contribution < 1.29 is 9.53 Å². The summed E-state index contributed by atoms with van der Waals surface area (Å²) in [4.78, 5) is 11.0. The van der Waals surface area contributed by atoms with Crippen LogP contribution in [0.1, 0.15) is 16.8 Å². The predicted molar refractivity (Wildman–Crippen MR) is 62.4 cm³/mol. The van der Waals surface area contributed by atoms with E-state index in [4.69, 9.17) is 10.5 Å². The lowest BCUT2D eigenvalue weighted by molar-refractivity contribution is 0.100. The third kappa shape index (κ3) is 2.73. The molecule has 16 heavy (non-hydrogen) atoms. The lowest BCUT2D eigenvalue weighted by Crippen LogP contribution is -2.15. The number of carbonyl (C=O) groups is 1. The molecule has 1 aromatic carbocycles. The van der Waals surface area contributed by atoms with Crippen molar-refractivity contribution in [3.05, 3.63) is 29.8 Å². The lowest BCUT2D eigenvalue weighted by Gasteiger charge is -2.11. The molecule has 1 atom stereocenters. The average molecular weight is 220 g/mol. The number of hydrogen-bond donors (Lipinski definition) is 2. The van der Waals surface area contributed by atoms with Gasteiger partial charge in [0.2, 0.25) is 5.91 Å². The minimum absolute atomic E-state index is 0.396. The maximum atomic E-state index is 11.0. The van der Waals surface area contributed by atoms with Crippen molar-refractivity contribution in [2.24, 2.45) is 11.7 Å². The van der Waals surface area contributed by atoms with E-state index in [0.29, 0.717) is 11.5 Å². The Hall–Kier alpha value is -1.55. The van der Waals surface area contributed by atoms with E-state index in [-0.39, 0.29) is 0 Å². The fourth-order valence-electron chi connectivity index (χ4n) is 1.79. The molecule has 0 saturated carbocycles. The van der Waals surface area contributed by atoms with Gasteiger partial charge in [0, 0.05) is 30.3 Å². The number of benzene rings is 1. The van der Waals surface area contributed by atoms with Crippen LogP contribution in [0.25, 0.3) is 0 Å². The Kier molecular flexibility index (Phi) is 3.41. The summed E-state index contributed by atoms with van der Waals surface area (Å²) in [7, 11) is 0. The second kappa shape index (κ2) is 4.99. The van der Waals surface area contributed by atoms with Crippen LogP contribution in [-0.2, 0) is 4.74 Å². The van der Waals surface area contributed by atoms with E-state index >= 15 is 0 Å². The maximum Gasteiger partial charge on any atom is 0.248 e. The molecular formula is C12H16N2O2. The van der Waals surface area contributed by atoms with Crippen LogP contribution in [0.15, 0.2) is 24.3 Å². The zero-order valence-electron chi connectivity index (χ0n) is 9.11. The Bertz CT molecular complexity index is 373. The molecule has 4 heteroatoms. The standard InChI is InChI=1S/C12H16N2O2/c13-12(15)10-2-1-3-11(6-10)14-7-9-4-5-16-8-9/h1-3,6,9,14H,4-5,7-8H2,(H2,13,15). The lowest BCUT2D eigenvalue weighted by atomic mass is 10.1. The smallest absolute Gasteiger partial charge is 0.248 e. The number of anilines is 1. The van der Waals surface area contributed by atoms with E-state index in [1.165, 1.54) is 0 Å². The number of carbonyl (C=O) groups excluding carboxylic acids is 1. The topological polar surface area (TPSA) is 64.4 Å². The molecule has 1 aromatic rings. The summed E-state index contributed by atoms with van der Waals surface area (Å²) in [5.74, 6) is 0.171. The first kappa shape index (κ1) is 11.0. The molecule has 4 nitrogen and oxygen atoms in total. The average Bonchev–Trinajstić information content (AvgIpc) is 2.79. The van der Waals surface area contributed by atoms with Crippen molar-refractivity contribution in [2.45, 2.75) is 6.42 Å². The van der Waals surface area contributed by atoms with Crippen molar-refractivity contribution in [2.75, 3.05) is 25.1 Å². The van der Waals surface area contributed by atoms with E-state index < -0.39 is 5.91 Å². The van der Waals surface area contributed by atoms with Gasteiger partial charge in [0.1, 0.15) is 0 Å². The van der Waals surface area contributed by atoms with Crippen LogP contribution in [0, 0.1) is 5.92 Å². The molecule has 0 aliphatic carbocycles. The van der Waals surface area contributed by atoms with Gasteiger partial charge >= 0.3 is 0 Å². The van der Waals surface area contributed by atoms with Crippen molar-refractivity contribution in [3.63, 3.8) is 0 Å². The summed E-state index contributed by atoms with van der Waals surface area (Å²) in [5, 5.41) is 3.29. The monoisotopic (exact) mass is 220 g/mol. The maximum absolute atomic E-state index is 11.0. The molecule has 0 radical (unpaired) electrons. The molecule has 1 saturated heterocycles. The molecule has 1 amide bonds. The Balaban J connectivity index is 1.93. The minimum Gasteiger partial charge on any atom is -0.385 e. The highest BCUT2D eigenvalue weighted by molar-refractivity contribution is 5.93. The molecule has 2 rings (SSSR count). The number of nitrogens with one attached hydrogen (secondary N) is 1. The van der Waals surface area contributed by atoms with Crippen LogP contribution in [-0.4, -0.2) is 25.7 Å². The Morgan fingerprint density at radius 1 is 1.56 bits per heavy atom. The Labute approximate surface area is 94.8 Å². The molecule has 1 fully saturated rings. The van der Waals surface area contributed by atoms with Gasteiger partial charge in [-0.05, 0) is 24.6 Å². The van der Waals surface area contributed by atoms with Crippen LogP contribution in [0.4, 0.5) is 5.69 Å². The third-order valence-electron chi connectivity index (χ3n) is 2.77. The zero-order valence-corrected chi connectivity index (χ0v) is 9.11. The van der Waals surface area contributed by atoms with Crippen LogP contribution < -0.4 is 11.1 Å². The van der Waals surface area contributed by atoms with Gasteiger partial charge in [-0.15, -0.1) is 0 Å². The van der Waals surface area contributed by atoms with Gasteiger partial charge in [0.05, 0.1) is 6.61 Å². The highest BCUT2D eigenvalue weighted by Crippen LogP contribution is 2.15. The third-order valence-corrected chi connectivity index (χ3v) is 2.77. The molecule has 1 aliphatic rings. The van der Waals surface area contributed by atoms with Crippen molar-refractivity contribution in [1.82, 2.24) is 0 Å². The van der Waals surface area contributed by atoms with Crippen LogP contribution in [0.3, 0.4) is 0 Å². The van der Waals surface area contributed by atoms with Crippen LogP contribution >= 0.6 is 0 Å².